The van der Waals surface area contributed by atoms with E-state index in [1.165, 1.54) is 5.56 Å². The molecule has 3 rings (SSSR count). The Balaban J connectivity index is 0.000000205. The van der Waals surface area contributed by atoms with Gasteiger partial charge in [0.2, 0.25) is 6.20 Å². The molecule has 88 valence electrons. The zero-order valence-corrected chi connectivity index (χ0v) is 10.4. The molecule has 0 aliphatic carbocycles. The van der Waals surface area contributed by atoms with Gasteiger partial charge in [0.05, 0.1) is 0 Å². The summed E-state index contributed by atoms with van der Waals surface area (Å²) in [6.45, 7) is 0.868. The maximum absolute atomic E-state index is 3.84. The van der Waals surface area contributed by atoms with Gasteiger partial charge < -0.3 is 0 Å². The van der Waals surface area contributed by atoms with Crippen LogP contribution in [-0.2, 0) is 23.6 Å². The van der Waals surface area contributed by atoms with Crippen LogP contribution < -0.4 is 4.68 Å². The summed E-state index contributed by atoms with van der Waals surface area (Å²) in [6, 6.07) is 18.3. The van der Waals surface area contributed by atoms with Gasteiger partial charge in [-0.05, 0) is 0 Å². The summed E-state index contributed by atoms with van der Waals surface area (Å²) in [5, 5.41) is 6.68. The Morgan fingerprint density at radius 2 is 2.00 bits per heavy atom. The molecule has 0 saturated heterocycles. The molecule has 3 aromatic rings. The largest absolute Gasteiger partial charge is 2.00 e. The van der Waals surface area contributed by atoms with E-state index < -0.39 is 0 Å². The van der Waals surface area contributed by atoms with Crippen LogP contribution in [-0.4, -0.2) is 10.3 Å². The Hall–Kier alpha value is -1.64. The number of H-pyrrole nitrogens is 1. The van der Waals surface area contributed by atoms with E-state index >= 15 is 0 Å². The van der Waals surface area contributed by atoms with Crippen LogP contribution in [0.15, 0.2) is 67.0 Å². The normalized spacial score (nSPS) is 8.94. The van der Waals surface area contributed by atoms with Gasteiger partial charge in [-0.25, -0.2) is 24.3 Å². The number of nitrogens with one attached hydrogen (secondary N) is 1. The fourth-order valence-corrected chi connectivity index (χ4v) is 1.38. The molecular weight excluding hydrogens is 254 g/mol. The standard InChI is InChI=1S/C8H8N3.C5H5.Fe/c1-2-4-8(3-1)7-11-6-5-9-10-11;1-2-4-5-3-1;/h1-6H,7H2;1-5H;/q2*-1;+2/p+1. The minimum absolute atomic E-state index is 0. The van der Waals surface area contributed by atoms with Gasteiger partial charge in [-0.15, -0.1) is 5.56 Å². The third kappa shape index (κ3) is 4.81. The fourth-order valence-electron chi connectivity index (χ4n) is 1.38. The number of nitrogens with zero attached hydrogens (tertiary/aromatic N) is 2. The first kappa shape index (κ1) is 13.4. The number of aromatic nitrogens is 3. The molecule has 1 aromatic heterocycles. The Morgan fingerprint density at radius 1 is 1.18 bits per heavy atom. The van der Waals surface area contributed by atoms with E-state index in [9.17, 15) is 0 Å². The average Bonchev–Trinajstić information content (AvgIpc) is 3.05. The van der Waals surface area contributed by atoms with Crippen LogP contribution in [0.5, 0.6) is 0 Å². The molecule has 0 unspecified atom stereocenters. The summed E-state index contributed by atoms with van der Waals surface area (Å²) < 4.78 is 1.93. The Kier molecular flexibility index (Phi) is 6.00. The molecule has 17 heavy (non-hydrogen) atoms. The monoisotopic (exact) mass is 268 g/mol. The van der Waals surface area contributed by atoms with Gasteiger partial charge in [-0.2, -0.15) is 35.0 Å². The molecule has 0 aliphatic rings. The quantitative estimate of drug-likeness (QED) is 0.429. The van der Waals surface area contributed by atoms with Crippen molar-refractivity contribution in [2.24, 2.45) is 0 Å². The average molecular weight is 268 g/mol. The second kappa shape index (κ2) is 7.60. The molecule has 1 N–H and O–H groups in total. The predicted molar refractivity (Wildman–Crippen MR) is 62.0 cm³/mol. The van der Waals surface area contributed by atoms with Crippen molar-refractivity contribution < 1.29 is 21.8 Å². The molecule has 1 heterocycles. The van der Waals surface area contributed by atoms with Gasteiger partial charge in [-0.3, -0.25) is 0 Å². The summed E-state index contributed by atoms with van der Waals surface area (Å²) >= 11 is 0. The first-order valence-electron chi connectivity index (χ1n) is 5.21. The number of hydrogen-bond donors (Lipinski definition) is 1. The molecule has 0 radical (unpaired) electrons. The first-order valence-corrected chi connectivity index (χ1v) is 5.21. The van der Waals surface area contributed by atoms with Crippen LogP contribution >= 0.6 is 0 Å². The van der Waals surface area contributed by atoms with Crippen LogP contribution in [0.2, 0.25) is 0 Å². The molecule has 0 spiro atoms. The molecule has 0 fully saturated rings. The van der Waals surface area contributed by atoms with Crippen molar-refractivity contribution in [2.45, 2.75) is 6.54 Å². The fraction of sp³-hybridized carbons (Fsp3) is 0.0769. The minimum Gasteiger partial charge on any atom is -0.214 e. The molecular formula is C13H14FeN3+. The number of hydrogen-bond acceptors (Lipinski definition) is 1. The van der Waals surface area contributed by atoms with Crippen molar-refractivity contribution in [3.8, 4) is 0 Å². The zero-order valence-electron chi connectivity index (χ0n) is 9.31. The van der Waals surface area contributed by atoms with E-state index in [0.717, 1.165) is 6.54 Å². The minimum atomic E-state index is 0. The summed E-state index contributed by atoms with van der Waals surface area (Å²) in [5.41, 5.74) is 1.29. The van der Waals surface area contributed by atoms with E-state index in [0.29, 0.717) is 0 Å². The van der Waals surface area contributed by atoms with E-state index in [1.807, 2.05) is 53.3 Å². The van der Waals surface area contributed by atoms with Crippen LogP contribution in [0.3, 0.4) is 0 Å². The van der Waals surface area contributed by atoms with Crippen molar-refractivity contribution in [1.82, 2.24) is 10.3 Å². The molecule has 0 saturated carbocycles. The van der Waals surface area contributed by atoms with Gasteiger partial charge in [0.1, 0.15) is 6.54 Å². The smallest absolute Gasteiger partial charge is 0.214 e. The third-order valence-corrected chi connectivity index (χ3v) is 2.15. The predicted octanol–water partition coefficient (Wildman–Crippen LogP) is 1.87. The van der Waals surface area contributed by atoms with E-state index in [-0.39, 0.29) is 17.1 Å². The molecule has 0 aliphatic heterocycles. The Labute approximate surface area is 111 Å². The zero-order chi connectivity index (χ0) is 11.1. The summed E-state index contributed by atoms with van der Waals surface area (Å²) in [4.78, 5) is 0. The molecule has 0 atom stereocenters. The van der Waals surface area contributed by atoms with Crippen molar-refractivity contribution in [3.63, 3.8) is 0 Å². The second-order valence-corrected chi connectivity index (χ2v) is 3.41. The molecule has 4 heteroatoms. The maximum atomic E-state index is 3.84. The molecule has 2 aromatic carbocycles. The van der Waals surface area contributed by atoms with E-state index in [4.69, 9.17) is 0 Å². The van der Waals surface area contributed by atoms with Crippen molar-refractivity contribution in [3.05, 3.63) is 72.6 Å². The summed E-state index contributed by atoms with van der Waals surface area (Å²) in [5.74, 6) is 0. The van der Waals surface area contributed by atoms with Gasteiger partial charge in [0.25, 0.3) is 0 Å². The van der Waals surface area contributed by atoms with Crippen molar-refractivity contribution >= 4 is 0 Å². The Bertz CT molecular complexity index is 405. The number of rotatable bonds is 2. The van der Waals surface area contributed by atoms with Crippen molar-refractivity contribution in [1.29, 1.82) is 0 Å². The maximum Gasteiger partial charge on any atom is 2.00 e. The van der Waals surface area contributed by atoms with Gasteiger partial charge in [-0.1, -0.05) is 5.21 Å². The summed E-state index contributed by atoms with van der Waals surface area (Å²) in [7, 11) is 0. The van der Waals surface area contributed by atoms with Gasteiger partial charge in [0, 0.05) is 5.10 Å². The molecule has 3 nitrogen and oxygen atoms in total. The summed E-state index contributed by atoms with van der Waals surface area (Å²) in [6.07, 6.45) is 3.65. The van der Waals surface area contributed by atoms with E-state index in [1.54, 1.807) is 6.20 Å². The first-order chi connectivity index (χ1) is 7.95. The molecule has 0 bridgehead atoms. The number of aromatic amines is 1. The van der Waals surface area contributed by atoms with E-state index in [2.05, 4.69) is 22.4 Å². The second-order valence-electron chi connectivity index (χ2n) is 3.41. The van der Waals surface area contributed by atoms with Gasteiger partial charge in [0.15, 0.2) is 6.20 Å². The Morgan fingerprint density at radius 3 is 2.47 bits per heavy atom. The topological polar surface area (TPSA) is 32.6 Å². The van der Waals surface area contributed by atoms with Crippen LogP contribution in [0.4, 0.5) is 0 Å². The SMILES string of the molecule is [Fe+2].c1c[cH-]c(C[n+]2ccn[nH]2)c1.c1cc[cH-]c1. The van der Waals surface area contributed by atoms with Crippen LogP contribution in [0.25, 0.3) is 0 Å². The van der Waals surface area contributed by atoms with Gasteiger partial charge >= 0.3 is 17.1 Å². The van der Waals surface area contributed by atoms with Crippen LogP contribution in [0.1, 0.15) is 5.56 Å². The van der Waals surface area contributed by atoms with Crippen LogP contribution in [0, 0.1) is 0 Å². The third-order valence-electron chi connectivity index (χ3n) is 2.15. The molecule has 0 amide bonds. The van der Waals surface area contributed by atoms with Crippen molar-refractivity contribution in [2.75, 3.05) is 0 Å².